The molecule has 3 rings (SSSR count). The Morgan fingerprint density at radius 2 is 1.48 bits per heavy atom. The van der Waals surface area contributed by atoms with Crippen LogP contribution >= 0.6 is 12.2 Å². The summed E-state index contributed by atoms with van der Waals surface area (Å²) >= 11 is 5.69. The molecule has 0 atom stereocenters. The Morgan fingerprint density at radius 1 is 0.862 bits per heavy atom. The van der Waals surface area contributed by atoms with Crippen molar-refractivity contribution in [2.45, 2.75) is 13.1 Å². The van der Waals surface area contributed by atoms with Crippen molar-refractivity contribution in [3.63, 3.8) is 0 Å². The Labute approximate surface area is 175 Å². The fraction of sp³-hybridized carbons (Fsp3) is 0.174. The highest BCUT2D eigenvalue weighted by atomic mass is 32.1. The van der Waals surface area contributed by atoms with E-state index in [4.69, 9.17) is 21.7 Å². The van der Waals surface area contributed by atoms with E-state index in [1.165, 1.54) is 12.1 Å². The van der Waals surface area contributed by atoms with Gasteiger partial charge in [0.2, 0.25) is 0 Å². The first-order valence-electron chi connectivity index (χ1n) is 9.15. The molecule has 0 saturated carbocycles. The summed E-state index contributed by atoms with van der Waals surface area (Å²) in [5, 5.41) is 3.83. The van der Waals surface area contributed by atoms with Crippen LogP contribution in [-0.4, -0.2) is 24.2 Å². The summed E-state index contributed by atoms with van der Waals surface area (Å²) in [5.41, 5.74) is 2.90. The van der Waals surface area contributed by atoms with Crippen molar-refractivity contribution in [3.05, 3.63) is 89.7 Å². The molecule has 0 spiro atoms. The maximum atomic E-state index is 13.3. The lowest BCUT2D eigenvalue weighted by Crippen LogP contribution is -2.33. The molecule has 29 heavy (non-hydrogen) atoms. The molecular formula is C23H23FN2O2S. The lowest BCUT2D eigenvalue weighted by molar-refractivity contribution is 0.355. The van der Waals surface area contributed by atoms with Gasteiger partial charge >= 0.3 is 0 Å². The van der Waals surface area contributed by atoms with Crippen molar-refractivity contribution in [2.24, 2.45) is 0 Å². The number of thiocarbonyl (C=S) groups is 1. The number of rotatable bonds is 7. The van der Waals surface area contributed by atoms with Gasteiger partial charge in [-0.05, 0) is 47.6 Å². The van der Waals surface area contributed by atoms with E-state index >= 15 is 0 Å². The quantitative estimate of drug-likeness (QED) is 0.539. The van der Waals surface area contributed by atoms with Gasteiger partial charge in [0, 0.05) is 24.8 Å². The summed E-state index contributed by atoms with van der Waals surface area (Å²) in [4.78, 5) is 2.04. The minimum absolute atomic E-state index is 0.255. The summed E-state index contributed by atoms with van der Waals surface area (Å²) in [7, 11) is 3.19. The van der Waals surface area contributed by atoms with Crippen LogP contribution in [0.15, 0.2) is 72.8 Å². The topological polar surface area (TPSA) is 33.7 Å². The summed E-state index contributed by atoms with van der Waals surface area (Å²) in [6.07, 6.45) is 0. The van der Waals surface area contributed by atoms with Crippen LogP contribution in [0.4, 0.5) is 10.1 Å². The SMILES string of the molecule is COc1ccc(NC(=S)N(Cc2ccccc2)Cc2ccc(F)cc2)cc1OC. The van der Waals surface area contributed by atoms with E-state index in [-0.39, 0.29) is 5.82 Å². The van der Waals surface area contributed by atoms with Crippen LogP contribution in [-0.2, 0) is 13.1 Å². The van der Waals surface area contributed by atoms with Crippen LogP contribution in [0.3, 0.4) is 0 Å². The summed E-state index contributed by atoms with van der Waals surface area (Å²) in [6, 6.07) is 22.1. The summed E-state index contributed by atoms with van der Waals surface area (Å²) < 4.78 is 23.9. The predicted octanol–water partition coefficient (Wildman–Crippen LogP) is 5.24. The third-order valence-corrected chi connectivity index (χ3v) is 4.79. The molecule has 0 bridgehead atoms. The fourth-order valence-electron chi connectivity index (χ4n) is 2.93. The molecule has 0 fully saturated rings. The highest BCUT2D eigenvalue weighted by molar-refractivity contribution is 7.80. The molecule has 3 aromatic carbocycles. The molecule has 0 aliphatic heterocycles. The number of nitrogens with zero attached hydrogens (tertiary/aromatic N) is 1. The van der Waals surface area contributed by atoms with Gasteiger partial charge in [-0.15, -0.1) is 0 Å². The van der Waals surface area contributed by atoms with Crippen LogP contribution < -0.4 is 14.8 Å². The molecule has 6 heteroatoms. The van der Waals surface area contributed by atoms with E-state index in [9.17, 15) is 4.39 Å². The van der Waals surface area contributed by atoms with Gasteiger partial charge in [-0.2, -0.15) is 0 Å². The normalized spacial score (nSPS) is 10.3. The highest BCUT2D eigenvalue weighted by Gasteiger charge is 2.13. The molecule has 0 aliphatic rings. The van der Waals surface area contributed by atoms with Gasteiger partial charge in [-0.25, -0.2) is 4.39 Å². The van der Waals surface area contributed by atoms with E-state index in [0.29, 0.717) is 29.7 Å². The average molecular weight is 411 g/mol. The molecule has 1 N–H and O–H groups in total. The number of hydrogen-bond donors (Lipinski definition) is 1. The second kappa shape index (κ2) is 9.89. The smallest absolute Gasteiger partial charge is 0.174 e. The van der Waals surface area contributed by atoms with E-state index < -0.39 is 0 Å². The van der Waals surface area contributed by atoms with Gasteiger partial charge in [0.15, 0.2) is 16.6 Å². The van der Waals surface area contributed by atoms with Crippen LogP contribution in [0.2, 0.25) is 0 Å². The molecule has 3 aromatic rings. The zero-order chi connectivity index (χ0) is 20.6. The molecule has 0 saturated heterocycles. The van der Waals surface area contributed by atoms with Gasteiger partial charge in [-0.3, -0.25) is 0 Å². The molecule has 150 valence electrons. The summed E-state index contributed by atoms with van der Waals surface area (Å²) in [5.74, 6) is 1.01. The molecule has 0 amide bonds. The molecule has 0 heterocycles. The first kappa shape index (κ1) is 20.6. The average Bonchev–Trinajstić information content (AvgIpc) is 2.75. The van der Waals surface area contributed by atoms with Crippen molar-refractivity contribution in [1.29, 1.82) is 0 Å². The Hall–Kier alpha value is -3.12. The third kappa shape index (κ3) is 5.68. The Morgan fingerprint density at radius 3 is 2.10 bits per heavy atom. The lowest BCUT2D eigenvalue weighted by atomic mass is 10.1. The number of hydrogen-bond acceptors (Lipinski definition) is 3. The second-order valence-electron chi connectivity index (χ2n) is 6.47. The van der Waals surface area contributed by atoms with E-state index in [1.54, 1.807) is 26.4 Å². The first-order chi connectivity index (χ1) is 14.1. The third-order valence-electron chi connectivity index (χ3n) is 4.42. The van der Waals surface area contributed by atoms with E-state index in [1.807, 2.05) is 41.3 Å². The van der Waals surface area contributed by atoms with E-state index in [2.05, 4.69) is 17.4 Å². The maximum Gasteiger partial charge on any atom is 0.174 e. The minimum atomic E-state index is -0.255. The van der Waals surface area contributed by atoms with Crippen LogP contribution in [0.1, 0.15) is 11.1 Å². The van der Waals surface area contributed by atoms with Crippen molar-refractivity contribution < 1.29 is 13.9 Å². The highest BCUT2D eigenvalue weighted by Crippen LogP contribution is 2.30. The summed E-state index contributed by atoms with van der Waals surface area (Å²) in [6.45, 7) is 1.17. The fourth-order valence-corrected chi connectivity index (χ4v) is 3.18. The predicted molar refractivity (Wildman–Crippen MR) is 118 cm³/mol. The zero-order valence-corrected chi connectivity index (χ0v) is 17.2. The molecule has 0 unspecified atom stereocenters. The zero-order valence-electron chi connectivity index (χ0n) is 16.4. The van der Waals surface area contributed by atoms with Crippen molar-refractivity contribution in [3.8, 4) is 11.5 Å². The number of benzene rings is 3. The van der Waals surface area contributed by atoms with Gasteiger partial charge < -0.3 is 19.7 Å². The molecule has 4 nitrogen and oxygen atoms in total. The Balaban J connectivity index is 1.80. The molecular weight excluding hydrogens is 387 g/mol. The number of halogens is 1. The van der Waals surface area contributed by atoms with Gasteiger partial charge in [-0.1, -0.05) is 42.5 Å². The second-order valence-corrected chi connectivity index (χ2v) is 6.85. The van der Waals surface area contributed by atoms with Crippen molar-refractivity contribution >= 4 is 23.0 Å². The number of nitrogens with one attached hydrogen (secondary N) is 1. The monoisotopic (exact) mass is 410 g/mol. The molecule has 0 aromatic heterocycles. The van der Waals surface area contributed by atoms with E-state index in [0.717, 1.165) is 16.8 Å². The van der Waals surface area contributed by atoms with Crippen LogP contribution in [0.5, 0.6) is 11.5 Å². The van der Waals surface area contributed by atoms with Crippen molar-refractivity contribution in [2.75, 3.05) is 19.5 Å². The van der Waals surface area contributed by atoms with Gasteiger partial charge in [0.25, 0.3) is 0 Å². The molecule has 0 radical (unpaired) electrons. The number of ether oxygens (including phenoxy) is 2. The lowest BCUT2D eigenvalue weighted by Gasteiger charge is -2.26. The minimum Gasteiger partial charge on any atom is -0.493 e. The Kier molecular flexibility index (Phi) is 7.03. The standard InChI is InChI=1S/C23H23FN2O2S/c1-27-21-13-12-20(14-22(21)28-2)25-23(29)26(15-17-6-4-3-5-7-17)16-18-8-10-19(24)11-9-18/h3-14H,15-16H2,1-2H3,(H,25,29). The van der Waals surface area contributed by atoms with Crippen LogP contribution in [0, 0.1) is 5.82 Å². The van der Waals surface area contributed by atoms with Gasteiger partial charge in [0.1, 0.15) is 5.82 Å². The first-order valence-corrected chi connectivity index (χ1v) is 9.56. The van der Waals surface area contributed by atoms with Crippen molar-refractivity contribution in [1.82, 2.24) is 4.90 Å². The number of anilines is 1. The molecule has 0 aliphatic carbocycles. The van der Waals surface area contributed by atoms with Gasteiger partial charge in [0.05, 0.1) is 14.2 Å². The van der Waals surface area contributed by atoms with Crippen LogP contribution in [0.25, 0.3) is 0 Å². The maximum absolute atomic E-state index is 13.3. The Bertz CT molecular complexity index is 949. The number of methoxy groups -OCH3 is 2. The largest absolute Gasteiger partial charge is 0.493 e.